The van der Waals surface area contributed by atoms with Crippen LogP contribution in [0.3, 0.4) is 0 Å². The van der Waals surface area contributed by atoms with Gasteiger partial charge in [-0.1, -0.05) is 13.3 Å². The van der Waals surface area contributed by atoms with Crippen LogP contribution in [0.25, 0.3) is 10.9 Å². The van der Waals surface area contributed by atoms with Crippen LogP contribution in [0.5, 0.6) is 0 Å². The zero-order chi connectivity index (χ0) is 14.8. The molecule has 2 rings (SSSR count). The summed E-state index contributed by atoms with van der Waals surface area (Å²) in [6, 6.07) is 5.63. The number of nitrogens with zero attached hydrogens (tertiary/aromatic N) is 1. The average Bonchev–Trinajstić information content (AvgIpc) is 2.70. The highest BCUT2D eigenvalue weighted by atomic mass is 16.6. The quantitative estimate of drug-likeness (QED) is 0.893. The van der Waals surface area contributed by atoms with E-state index in [1.165, 1.54) is 0 Å². The molecule has 0 aliphatic rings. The van der Waals surface area contributed by atoms with Crippen molar-refractivity contribution >= 4 is 22.7 Å². The Morgan fingerprint density at radius 1 is 1.40 bits per heavy atom. The number of benzene rings is 1. The van der Waals surface area contributed by atoms with Gasteiger partial charge >= 0.3 is 6.09 Å². The van der Waals surface area contributed by atoms with Gasteiger partial charge in [0.2, 0.25) is 0 Å². The first-order chi connectivity index (χ1) is 9.39. The van der Waals surface area contributed by atoms with Gasteiger partial charge in [-0.3, -0.25) is 10.4 Å². The normalized spacial score (nSPS) is 11.6. The van der Waals surface area contributed by atoms with Crippen molar-refractivity contribution in [2.75, 3.05) is 5.32 Å². The second-order valence-electron chi connectivity index (χ2n) is 5.81. The fraction of sp³-hybridized carbons (Fsp3) is 0.467. The molecular formula is C15H21N3O2. The molecule has 0 unspecified atom stereocenters. The lowest BCUT2D eigenvalue weighted by atomic mass is 10.1. The van der Waals surface area contributed by atoms with E-state index in [9.17, 15) is 4.79 Å². The largest absolute Gasteiger partial charge is 0.444 e. The van der Waals surface area contributed by atoms with Crippen LogP contribution in [0.15, 0.2) is 18.2 Å². The maximum Gasteiger partial charge on any atom is 0.412 e. The second-order valence-corrected chi connectivity index (χ2v) is 5.81. The molecule has 5 heteroatoms. The Labute approximate surface area is 118 Å². The molecule has 0 aliphatic carbocycles. The van der Waals surface area contributed by atoms with Crippen LogP contribution in [0, 0.1) is 0 Å². The van der Waals surface area contributed by atoms with Crippen molar-refractivity contribution in [1.29, 1.82) is 0 Å². The van der Waals surface area contributed by atoms with E-state index in [0.29, 0.717) is 5.69 Å². The standard InChI is InChI=1S/C15H21N3O2/c1-5-6-12-11-9-10(7-8-13(11)18-17-12)16-14(19)20-15(2,3)4/h7-9H,5-6H2,1-4H3,(H,16,19)(H,17,18). The van der Waals surface area contributed by atoms with E-state index in [2.05, 4.69) is 22.4 Å². The summed E-state index contributed by atoms with van der Waals surface area (Å²) in [4.78, 5) is 11.8. The Kier molecular flexibility index (Phi) is 3.97. The summed E-state index contributed by atoms with van der Waals surface area (Å²) < 4.78 is 5.24. The van der Waals surface area contributed by atoms with Crippen LogP contribution in [0.4, 0.5) is 10.5 Å². The van der Waals surface area contributed by atoms with E-state index in [1.54, 1.807) is 0 Å². The summed E-state index contributed by atoms with van der Waals surface area (Å²) in [5.41, 5.74) is 2.21. The number of aromatic amines is 1. The van der Waals surface area contributed by atoms with Gasteiger partial charge in [-0.15, -0.1) is 0 Å². The Morgan fingerprint density at radius 3 is 2.80 bits per heavy atom. The smallest absolute Gasteiger partial charge is 0.412 e. The summed E-state index contributed by atoms with van der Waals surface area (Å²) in [5, 5.41) is 11.1. The Morgan fingerprint density at radius 2 is 2.15 bits per heavy atom. The number of hydrogen-bond acceptors (Lipinski definition) is 3. The molecule has 2 N–H and O–H groups in total. The van der Waals surface area contributed by atoms with E-state index in [-0.39, 0.29) is 0 Å². The topological polar surface area (TPSA) is 67.0 Å². The molecule has 1 aromatic carbocycles. The van der Waals surface area contributed by atoms with Crippen molar-refractivity contribution in [3.8, 4) is 0 Å². The number of aryl methyl sites for hydroxylation is 1. The summed E-state index contributed by atoms with van der Waals surface area (Å²) in [6.45, 7) is 7.64. The number of hydrogen-bond donors (Lipinski definition) is 2. The fourth-order valence-corrected chi connectivity index (χ4v) is 2.00. The molecule has 0 bridgehead atoms. The number of H-pyrrole nitrogens is 1. The van der Waals surface area contributed by atoms with Gasteiger partial charge in [0.05, 0.1) is 5.52 Å². The van der Waals surface area contributed by atoms with E-state index < -0.39 is 11.7 Å². The second kappa shape index (κ2) is 5.53. The third-order valence-electron chi connectivity index (χ3n) is 2.78. The van der Waals surface area contributed by atoms with Crippen molar-refractivity contribution in [3.05, 3.63) is 23.9 Å². The van der Waals surface area contributed by atoms with Gasteiger partial charge in [-0.25, -0.2) is 4.79 Å². The SMILES string of the molecule is CCCc1[nH]nc2ccc(NC(=O)OC(C)(C)C)cc12. The highest BCUT2D eigenvalue weighted by molar-refractivity contribution is 5.91. The molecule has 0 fully saturated rings. The molecule has 5 nitrogen and oxygen atoms in total. The highest BCUT2D eigenvalue weighted by Gasteiger charge is 2.16. The van der Waals surface area contributed by atoms with Gasteiger partial charge in [-0.2, -0.15) is 5.10 Å². The van der Waals surface area contributed by atoms with Crippen molar-refractivity contribution in [1.82, 2.24) is 10.2 Å². The molecule has 1 amide bonds. The van der Waals surface area contributed by atoms with Crippen LogP contribution in [-0.4, -0.2) is 21.9 Å². The minimum absolute atomic E-state index is 0.447. The van der Waals surface area contributed by atoms with Gasteiger partial charge in [0.25, 0.3) is 0 Å². The summed E-state index contributed by atoms with van der Waals surface area (Å²) in [5.74, 6) is 0. The molecular weight excluding hydrogens is 254 g/mol. The molecule has 0 atom stereocenters. The fourth-order valence-electron chi connectivity index (χ4n) is 2.00. The van der Waals surface area contributed by atoms with Crippen molar-refractivity contribution in [2.24, 2.45) is 0 Å². The zero-order valence-electron chi connectivity index (χ0n) is 12.4. The van der Waals surface area contributed by atoms with E-state index in [1.807, 2.05) is 39.0 Å². The molecule has 0 spiro atoms. The van der Waals surface area contributed by atoms with Gasteiger partial charge in [0.1, 0.15) is 5.60 Å². The molecule has 2 aromatic rings. The first kappa shape index (κ1) is 14.4. The van der Waals surface area contributed by atoms with Crippen LogP contribution >= 0.6 is 0 Å². The molecule has 0 radical (unpaired) electrons. The number of aromatic nitrogens is 2. The first-order valence-corrected chi connectivity index (χ1v) is 6.86. The van der Waals surface area contributed by atoms with Gasteiger partial charge < -0.3 is 4.74 Å². The molecule has 0 aliphatic heterocycles. The molecule has 108 valence electrons. The zero-order valence-corrected chi connectivity index (χ0v) is 12.4. The van der Waals surface area contributed by atoms with Gasteiger partial charge in [0, 0.05) is 16.8 Å². The van der Waals surface area contributed by atoms with Gasteiger partial charge in [0.15, 0.2) is 0 Å². The Bertz CT molecular complexity index is 611. The lowest BCUT2D eigenvalue weighted by molar-refractivity contribution is 0.0636. The minimum Gasteiger partial charge on any atom is -0.444 e. The van der Waals surface area contributed by atoms with Crippen LogP contribution in [0.2, 0.25) is 0 Å². The minimum atomic E-state index is -0.503. The molecule has 1 heterocycles. The number of ether oxygens (including phenoxy) is 1. The summed E-state index contributed by atoms with van der Waals surface area (Å²) in [6.07, 6.45) is 1.53. The van der Waals surface area contributed by atoms with E-state index >= 15 is 0 Å². The predicted octanol–water partition coefficient (Wildman–Crippen LogP) is 3.86. The number of carbonyl (C=O) groups excluding carboxylic acids is 1. The lowest BCUT2D eigenvalue weighted by Crippen LogP contribution is -2.27. The van der Waals surface area contributed by atoms with E-state index in [4.69, 9.17) is 4.74 Å². The number of fused-ring (bicyclic) bond motifs is 1. The predicted molar refractivity (Wildman–Crippen MR) is 79.9 cm³/mol. The highest BCUT2D eigenvalue weighted by Crippen LogP contribution is 2.22. The number of amides is 1. The number of nitrogens with one attached hydrogen (secondary N) is 2. The average molecular weight is 275 g/mol. The van der Waals surface area contributed by atoms with Gasteiger partial charge in [-0.05, 0) is 45.4 Å². The van der Waals surface area contributed by atoms with Crippen LogP contribution in [0.1, 0.15) is 39.8 Å². The maximum absolute atomic E-state index is 11.8. The maximum atomic E-state index is 11.8. The summed E-state index contributed by atoms with van der Waals surface area (Å²) in [7, 11) is 0. The van der Waals surface area contributed by atoms with Crippen molar-refractivity contribution in [3.63, 3.8) is 0 Å². The van der Waals surface area contributed by atoms with E-state index in [0.717, 1.165) is 29.4 Å². The number of rotatable bonds is 3. The lowest BCUT2D eigenvalue weighted by Gasteiger charge is -2.19. The van der Waals surface area contributed by atoms with Crippen LogP contribution in [-0.2, 0) is 11.2 Å². The van der Waals surface area contributed by atoms with Crippen molar-refractivity contribution < 1.29 is 9.53 Å². The van der Waals surface area contributed by atoms with Crippen molar-refractivity contribution in [2.45, 2.75) is 46.1 Å². The molecule has 0 saturated carbocycles. The number of carbonyl (C=O) groups is 1. The molecule has 0 saturated heterocycles. The molecule has 1 aromatic heterocycles. The Hall–Kier alpha value is -2.04. The monoisotopic (exact) mass is 275 g/mol. The summed E-state index contributed by atoms with van der Waals surface area (Å²) >= 11 is 0. The first-order valence-electron chi connectivity index (χ1n) is 6.86. The third kappa shape index (κ3) is 3.50. The third-order valence-corrected chi connectivity index (χ3v) is 2.78. The van der Waals surface area contributed by atoms with Crippen LogP contribution < -0.4 is 5.32 Å². The molecule has 20 heavy (non-hydrogen) atoms. The Balaban J connectivity index is 2.18. The number of anilines is 1.